The first-order valence-electron chi connectivity index (χ1n) is 6.68. The maximum absolute atomic E-state index is 13.5. The lowest BCUT2D eigenvalue weighted by Crippen LogP contribution is -2.23. The Hall–Kier alpha value is -2.76. The molecule has 6 heteroatoms. The van der Waals surface area contributed by atoms with Gasteiger partial charge in [-0.25, -0.2) is 8.78 Å². The molecule has 1 atom stereocenters. The molecule has 22 heavy (non-hydrogen) atoms. The minimum atomic E-state index is -0.840. The molecule has 1 N–H and O–H groups in total. The number of halogens is 2. The fourth-order valence-electron chi connectivity index (χ4n) is 2.16. The maximum atomic E-state index is 13.5. The Morgan fingerprint density at radius 1 is 1.09 bits per heavy atom. The van der Waals surface area contributed by atoms with Crippen molar-refractivity contribution in [2.75, 3.05) is 5.32 Å². The Morgan fingerprint density at radius 2 is 1.77 bits per heavy atom. The van der Waals surface area contributed by atoms with Crippen LogP contribution >= 0.6 is 0 Å². The van der Waals surface area contributed by atoms with Crippen molar-refractivity contribution < 1.29 is 18.4 Å². The smallest absolute Gasteiger partial charge is 0.273 e. The van der Waals surface area contributed by atoms with Gasteiger partial charge in [0, 0.05) is 6.42 Å². The van der Waals surface area contributed by atoms with E-state index in [1.165, 1.54) is 6.07 Å². The molecule has 1 aliphatic heterocycles. The third-order valence-corrected chi connectivity index (χ3v) is 3.30. The van der Waals surface area contributed by atoms with Crippen molar-refractivity contribution in [1.82, 2.24) is 0 Å². The van der Waals surface area contributed by atoms with Crippen LogP contribution < -0.4 is 5.32 Å². The zero-order valence-corrected chi connectivity index (χ0v) is 11.4. The zero-order valence-electron chi connectivity index (χ0n) is 11.4. The second-order valence-electron chi connectivity index (χ2n) is 4.80. The second kappa shape index (κ2) is 5.93. The van der Waals surface area contributed by atoms with Gasteiger partial charge in [0.2, 0.25) is 0 Å². The molecule has 4 nitrogen and oxygen atoms in total. The van der Waals surface area contributed by atoms with E-state index in [0.29, 0.717) is 0 Å². The molecule has 3 rings (SSSR count). The fraction of sp³-hybridized carbons (Fsp3) is 0.125. The van der Waals surface area contributed by atoms with Gasteiger partial charge in [-0.05, 0) is 17.7 Å². The fourth-order valence-corrected chi connectivity index (χ4v) is 2.16. The molecular formula is C16H12F2N2O2. The summed E-state index contributed by atoms with van der Waals surface area (Å²) in [7, 11) is 0. The highest BCUT2D eigenvalue weighted by Crippen LogP contribution is 2.27. The molecule has 0 radical (unpaired) electrons. The number of hydrogen-bond acceptors (Lipinski definition) is 3. The SMILES string of the molecule is O=C(Nc1c(F)cccc1F)C1=NOC(c2ccccc2)C1. The van der Waals surface area contributed by atoms with Crippen molar-refractivity contribution in [3.8, 4) is 0 Å². The number of amides is 1. The number of oxime groups is 1. The van der Waals surface area contributed by atoms with Crippen molar-refractivity contribution in [2.24, 2.45) is 5.16 Å². The number of benzene rings is 2. The van der Waals surface area contributed by atoms with E-state index < -0.39 is 23.2 Å². The summed E-state index contributed by atoms with van der Waals surface area (Å²) in [6, 6.07) is 12.7. The molecule has 0 bridgehead atoms. The molecule has 2 aromatic rings. The molecular weight excluding hydrogens is 290 g/mol. The molecule has 1 aliphatic rings. The first-order chi connectivity index (χ1) is 10.6. The van der Waals surface area contributed by atoms with Gasteiger partial charge in [-0.15, -0.1) is 0 Å². The molecule has 1 unspecified atom stereocenters. The van der Waals surface area contributed by atoms with Crippen LogP contribution in [0, 0.1) is 11.6 Å². The third-order valence-electron chi connectivity index (χ3n) is 3.30. The average molecular weight is 302 g/mol. The third kappa shape index (κ3) is 2.81. The molecule has 0 saturated heterocycles. The quantitative estimate of drug-likeness (QED) is 0.944. The molecule has 1 amide bonds. The average Bonchev–Trinajstić information content (AvgIpc) is 3.02. The number of para-hydroxylation sites is 1. The Bertz CT molecular complexity index is 712. The molecule has 0 spiro atoms. The Kier molecular flexibility index (Phi) is 3.82. The summed E-state index contributed by atoms with van der Waals surface area (Å²) in [4.78, 5) is 17.3. The van der Waals surface area contributed by atoms with Crippen molar-refractivity contribution in [2.45, 2.75) is 12.5 Å². The molecule has 0 aromatic heterocycles. The van der Waals surface area contributed by atoms with E-state index in [1.54, 1.807) is 0 Å². The molecule has 112 valence electrons. The minimum Gasteiger partial charge on any atom is -0.387 e. The highest BCUT2D eigenvalue weighted by atomic mass is 19.1. The van der Waals surface area contributed by atoms with Gasteiger partial charge in [0.05, 0.1) is 0 Å². The van der Waals surface area contributed by atoms with Crippen molar-refractivity contribution in [3.05, 3.63) is 65.7 Å². The highest BCUT2D eigenvalue weighted by molar-refractivity contribution is 6.43. The minimum absolute atomic E-state index is 0.0940. The van der Waals surface area contributed by atoms with E-state index in [9.17, 15) is 13.6 Å². The van der Waals surface area contributed by atoms with E-state index in [0.717, 1.165) is 17.7 Å². The van der Waals surface area contributed by atoms with E-state index in [1.807, 2.05) is 30.3 Å². The van der Waals surface area contributed by atoms with Crippen LogP contribution in [0.15, 0.2) is 53.7 Å². The van der Waals surface area contributed by atoms with Gasteiger partial charge in [-0.2, -0.15) is 0 Å². The standard InChI is InChI=1S/C16H12F2N2O2/c17-11-7-4-8-12(18)15(11)19-16(21)13-9-14(22-20-13)10-5-2-1-3-6-10/h1-8,14H,9H2,(H,19,21). The van der Waals surface area contributed by atoms with E-state index in [-0.39, 0.29) is 18.2 Å². The van der Waals surface area contributed by atoms with Gasteiger partial charge in [0.1, 0.15) is 23.0 Å². The van der Waals surface area contributed by atoms with Crippen LogP contribution in [-0.2, 0) is 9.63 Å². The number of nitrogens with one attached hydrogen (secondary N) is 1. The van der Waals surface area contributed by atoms with Gasteiger partial charge in [0.15, 0.2) is 6.10 Å². The normalized spacial score (nSPS) is 16.8. The van der Waals surface area contributed by atoms with Crippen LogP contribution in [0.1, 0.15) is 18.1 Å². The van der Waals surface area contributed by atoms with Crippen molar-refractivity contribution in [1.29, 1.82) is 0 Å². The number of carbonyl (C=O) groups is 1. The van der Waals surface area contributed by atoms with Crippen LogP contribution in [-0.4, -0.2) is 11.6 Å². The summed E-state index contributed by atoms with van der Waals surface area (Å²) in [5.74, 6) is -2.36. The van der Waals surface area contributed by atoms with Gasteiger partial charge in [-0.1, -0.05) is 41.6 Å². The Morgan fingerprint density at radius 3 is 2.45 bits per heavy atom. The maximum Gasteiger partial charge on any atom is 0.273 e. The summed E-state index contributed by atoms with van der Waals surface area (Å²) in [6.07, 6.45) is -0.126. The molecule has 0 saturated carbocycles. The number of carbonyl (C=O) groups excluding carboxylic acids is 1. The molecule has 0 fully saturated rings. The van der Waals surface area contributed by atoms with Crippen LogP contribution in [0.5, 0.6) is 0 Å². The number of hydrogen-bond donors (Lipinski definition) is 1. The van der Waals surface area contributed by atoms with Crippen LogP contribution in [0.2, 0.25) is 0 Å². The summed E-state index contributed by atoms with van der Waals surface area (Å²) in [6.45, 7) is 0. The van der Waals surface area contributed by atoms with E-state index in [4.69, 9.17) is 4.84 Å². The van der Waals surface area contributed by atoms with E-state index >= 15 is 0 Å². The predicted octanol–water partition coefficient (Wildman–Crippen LogP) is 3.42. The Balaban J connectivity index is 1.70. The van der Waals surface area contributed by atoms with Gasteiger partial charge >= 0.3 is 0 Å². The van der Waals surface area contributed by atoms with Crippen LogP contribution in [0.4, 0.5) is 14.5 Å². The molecule has 2 aromatic carbocycles. The van der Waals surface area contributed by atoms with Gasteiger partial charge in [0.25, 0.3) is 5.91 Å². The Labute approximate surface area is 125 Å². The van der Waals surface area contributed by atoms with Crippen LogP contribution in [0.25, 0.3) is 0 Å². The van der Waals surface area contributed by atoms with Gasteiger partial charge < -0.3 is 10.2 Å². The summed E-state index contributed by atoms with van der Waals surface area (Å²) < 4.78 is 27.0. The van der Waals surface area contributed by atoms with E-state index in [2.05, 4.69) is 10.5 Å². The van der Waals surface area contributed by atoms with Crippen molar-refractivity contribution >= 4 is 17.3 Å². The van der Waals surface area contributed by atoms with Crippen molar-refractivity contribution in [3.63, 3.8) is 0 Å². The van der Waals surface area contributed by atoms with Crippen LogP contribution in [0.3, 0.4) is 0 Å². The topological polar surface area (TPSA) is 50.7 Å². The first-order valence-corrected chi connectivity index (χ1v) is 6.68. The summed E-state index contributed by atoms with van der Waals surface area (Å²) >= 11 is 0. The number of rotatable bonds is 3. The van der Waals surface area contributed by atoms with Gasteiger partial charge in [-0.3, -0.25) is 4.79 Å². The monoisotopic (exact) mass is 302 g/mol. The lowest BCUT2D eigenvalue weighted by Gasteiger charge is -2.08. The largest absolute Gasteiger partial charge is 0.387 e. The number of nitrogens with zero attached hydrogens (tertiary/aromatic N) is 1. The summed E-state index contributed by atoms with van der Waals surface area (Å²) in [5.41, 5.74) is 0.487. The predicted molar refractivity (Wildman–Crippen MR) is 77.3 cm³/mol. The lowest BCUT2D eigenvalue weighted by atomic mass is 10.0. The summed E-state index contributed by atoms with van der Waals surface area (Å²) in [5, 5.41) is 5.90. The highest BCUT2D eigenvalue weighted by Gasteiger charge is 2.28. The second-order valence-corrected chi connectivity index (χ2v) is 4.80. The lowest BCUT2D eigenvalue weighted by molar-refractivity contribution is -0.110. The number of anilines is 1. The first kappa shape index (κ1) is 14.2. The molecule has 1 heterocycles. The zero-order chi connectivity index (χ0) is 15.5. The molecule has 0 aliphatic carbocycles.